The van der Waals surface area contributed by atoms with Gasteiger partial charge in [0.05, 0.1) is 18.2 Å². The summed E-state index contributed by atoms with van der Waals surface area (Å²) in [5.41, 5.74) is 1.83. The molecule has 6 heteroatoms. The third-order valence-corrected chi connectivity index (χ3v) is 4.28. The smallest absolute Gasteiger partial charge is 0.226 e. The number of thiazole rings is 1. The van der Waals surface area contributed by atoms with E-state index in [1.165, 1.54) is 11.3 Å². The molecule has 2 heterocycles. The van der Waals surface area contributed by atoms with Crippen LogP contribution in [0.25, 0.3) is 0 Å². The van der Waals surface area contributed by atoms with Gasteiger partial charge < -0.3 is 10.6 Å². The van der Waals surface area contributed by atoms with E-state index in [0.717, 1.165) is 22.2 Å². The van der Waals surface area contributed by atoms with Crippen LogP contribution in [0.5, 0.6) is 0 Å². The molecule has 5 nitrogen and oxygen atoms in total. The molecule has 1 aromatic carbocycles. The van der Waals surface area contributed by atoms with Gasteiger partial charge in [-0.05, 0) is 24.6 Å². The number of amides is 1. The molecule has 0 fully saturated rings. The first-order valence-corrected chi connectivity index (χ1v) is 8.55. The summed E-state index contributed by atoms with van der Waals surface area (Å²) in [7, 11) is 0. The van der Waals surface area contributed by atoms with E-state index in [0.29, 0.717) is 0 Å². The summed E-state index contributed by atoms with van der Waals surface area (Å²) >= 11 is 1.46. The highest BCUT2D eigenvalue weighted by Gasteiger charge is 2.12. The molecule has 0 saturated carbocycles. The number of benzene rings is 1. The quantitative estimate of drug-likeness (QED) is 0.719. The van der Waals surface area contributed by atoms with Crippen LogP contribution in [-0.2, 0) is 11.2 Å². The Balaban J connectivity index is 1.55. The van der Waals surface area contributed by atoms with Gasteiger partial charge in [-0.15, -0.1) is 11.3 Å². The first-order chi connectivity index (χ1) is 11.7. The van der Waals surface area contributed by atoms with Crippen LogP contribution in [0, 0.1) is 0 Å². The fourth-order valence-electron chi connectivity index (χ4n) is 2.27. The molecule has 1 amide bonds. The molecule has 0 aliphatic heterocycles. The van der Waals surface area contributed by atoms with Gasteiger partial charge in [0.15, 0.2) is 5.13 Å². The Bertz CT molecular complexity index is 789. The third-order valence-electron chi connectivity index (χ3n) is 3.47. The Labute approximate surface area is 144 Å². The number of pyridine rings is 1. The van der Waals surface area contributed by atoms with Gasteiger partial charge in [-0.2, -0.15) is 0 Å². The highest BCUT2D eigenvalue weighted by molar-refractivity contribution is 7.13. The van der Waals surface area contributed by atoms with Gasteiger partial charge >= 0.3 is 0 Å². The van der Waals surface area contributed by atoms with Crippen molar-refractivity contribution in [1.29, 1.82) is 0 Å². The van der Waals surface area contributed by atoms with Gasteiger partial charge in [0.2, 0.25) is 5.91 Å². The zero-order valence-electron chi connectivity index (χ0n) is 13.3. The third kappa shape index (κ3) is 4.39. The molecule has 24 heavy (non-hydrogen) atoms. The highest BCUT2D eigenvalue weighted by atomic mass is 32.1. The standard InChI is InChI=1S/C18H18N4OS/c1-13(14-7-3-2-4-8-14)20-17(23)11-15-12-24-18(21-15)22-16-9-5-6-10-19-16/h2-10,12-13H,11H2,1H3,(H,20,23)(H,19,21,22). The number of rotatable bonds is 6. The minimum Gasteiger partial charge on any atom is -0.349 e. The maximum atomic E-state index is 12.2. The lowest BCUT2D eigenvalue weighted by Crippen LogP contribution is -2.28. The summed E-state index contributed by atoms with van der Waals surface area (Å²) in [6, 6.07) is 15.5. The zero-order chi connectivity index (χ0) is 16.8. The van der Waals surface area contributed by atoms with Crippen LogP contribution in [0.15, 0.2) is 60.1 Å². The second kappa shape index (κ2) is 7.70. The SMILES string of the molecule is CC(NC(=O)Cc1csc(Nc2ccccn2)n1)c1ccccc1. The number of aromatic nitrogens is 2. The van der Waals surface area contributed by atoms with E-state index < -0.39 is 0 Å². The summed E-state index contributed by atoms with van der Waals surface area (Å²) < 4.78 is 0. The first kappa shape index (κ1) is 16.1. The molecule has 2 aromatic heterocycles. The molecule has 3 rings (SSSR count). The van der Waals surface area contributed by atoms with E-state index in [4.69, 9.17) is 0 Å². The molecular weight excluding hydrogens is 320 g/mol. The number of carbonyl (C=O) groups is 1. The fraction of sp³-hybridized carbons (Fsp3) is 0.167. The Morgan fingerprint density at radius 2 is 1.96 bits per heavy atom. The van der Waals surface area contributed by atoms with E-state index in [-0.39, 0.29) is 18.4 Å². The fourth-order valence-corrected chi connectivity index (χ4v) is 2.99. The highest BCUT2D eigenvalue weighted by Crippen LogP contribution is 2.20. The van der Waals surface area contributed by atoms with E-state index in [2.05, 4.69) is 20.6 Å². The zero-order valence-corrected chi connectivity index (χ0v) is 14.1. The lowest BCUT2D eigenvalue weighted by Gasteiger charge is -2.13. The Kier molecular flexibility index (Phi) is 5.18. The van der Waals surface area contributed by atoms with Crippen LogP contribution < -0.4 is 10.6 Å². The van der Waals surface area contributed by atoms with Crippen molar-refractivity contribution in [3.05, 3.63) is 71.4 Å². The number of anilines is 2. The predicted octanol–water partition coefficient (Wildman–Crippen LogP) is 3.70. The van der Waals surface area contributed by atoms with Gasteiger partial charge in [0, 0.05) is 11.6 Å². The van der Waals surface area contributed by atoms with E-state index >= 15 is 0 Å². The number of carbonyl (C=O) groups excluding carboxylic acids is 1. The summed E-state index contributed by atoms with van der Waals surface area (Å²) in [6.07, 6.45) is 1.98. The van der Waals surface area contributed by atoms with Crippen molar-refractivity contribution < 1.29 is 4.79 Å². The topological polar surface area (TPSA) is 66.9 Å². The number of nitrogens with zero attached hydrogens (tertiary/aromatic N) is 2. The normalized spacial score (nSPS) is 11.7. The van der Waals surface area contributed by atoms with Crippen molar-refractivity contribution in [1.82, 2.24) is 15.3 Å². The summed E-state index contributed by atoms with van der Waals surface area (Å²) in [5.74, 6) is 0.696. The van der Waals surface area contributed by atoms with Crippen molar-refractivity contribution in [3.8, 4) is 0 Å². The largest absolute Gasteiger partial charge is 0.349 e. The maximum absolute atomic E-state index is 12.2. The number of hydrogen-bond acceptors (Lipinski definition) is 5. The van der Waals surface area contributed by atoms with E-state index in [1.807, 2.05) is 60.8 Å². The first-order valence-electron chi connectivity index (χ1n) is 7.67. The molecule has 0 aliphatic carbocycles. The van der Waals surface area contributed by atoms with E-state index in [9.17, 15) is 4.79 Å². The van der Waals surface area contributed by atoms with Crippen LogP contribution >= 0.6 is 11.3 Å². The second-order valence-corrected chi connectivity index (χ2v) is 6.22. The van der Waals surface area contributed by atoms with Crippen LogP contribution in [0.1, 0.15) is 24.2 Å². The lowest BCUT2D eigenvalue weighted by atomic mass is 10.1. The molecule has 0 radical (unpaired) electrons. The summed E-state index contributed by atoms with van der Waals surface area (Å²) in [4.78, 5) is 20.8. The molecule has 1 unspecified atom stereocenters. The van der Waals surface area contributed by atoms with Crippen molar-refractivity contribution in [2.45, 2.75) is 19.4 Å². The second-order valence-electron chi connectivity index (χ2n) is 5.36. The van der Waals surface area contributed by atoms with Crippen LogP contribution in [0.4, 0.5) is 10.9 Å². The molecule has 0 bridgehead atoms. The molecule has 122 valence electrons. The van der Waals surface area contributed by atoms with Gasteiger partial charge in [-0.25, -0.2) is 9.97 Å². The van der Waals surface area contributed by atoms with Gasteiger partial charge in [0.1, 0.15) is 5.82 Å². The number of nitrogens with one attached hydrogen (secondary N) is 2. The monoisotopic (exact) mass is 338 g/mol. The molecule has 0 saturated heterocycles. The molecule has 0 spiro atoms. The van der Waals surface area contributed by atoms with Crippen LogP contribution in [0.3, 0.4) is 0 Å². The molecule has 0 aliphatic rings. The Hall–Kier alpha value is -2.73. The number of hydrogen-bond donors (Lipinski definition) is 2. The molecule has 3 aromatic rings. The van der Waals surface area contributed by atoms with Crippen LogP contribution in [-0.4, -0.2) is 15.9 Å². The Morgan fingerprint density at radius 3 is 2.71 bits per heavy atom. The van der Waals surface area contributed by atoms with Crippen molar-refractivity contribution in [3.63, 3.8) is 0 Å². The average molecular weight is 338 g/mol. The minimum atomic E-state index is -0.0407. The minimum absolute atomic E-state index is 0.0246. The molecule has 2 N–H and O–H groups in total. The summed E-state index contributed by atoms with van der Waals surface area (Å²) in [5, 5.41) is 8.74. The lowest BCUT2D eigenvalue weighted by molar-refractivity contribution is -0.121. The van der Waals surface area contributed by atoms with Gasteiger partial charge in [0.25, 0.3) is 0 Å². The van der Waals surface area contributed by atoms with Crippen molar-refractivity contribution in [2.24, 2.45) is 0 Å². The Morgan fingerprint density at radius 1 is 1.17 bits per heavy atom. The van der Waals surface area contributed by atoms with Crippen LogP contribution in [0.2, 0.25) is 0 Å². The maximum Gasteiger partial charge on any atom is 0.226 e. The van der Waals surface area contributed by atoms with Gasteiger partial charge in [-0.3, -0.25) is 4.79 Å². The van der Waals surface area contributed by atoms with Crippen molar-refractivity contribution >= 4 is 28.2 Å². The van der Waals surface area contributed by atoms with Gasteiger partial charge in [-0.1, -0.05) is 36.4 Å². The van der Waals surface area contributed by atoms with Crippen molar-refractivity contribution in [2.75, 3.05) is 5.32 Å². The van der Waals surface area contributed by atoms with E-state index in [1.54, 1.807) is 6.20 Å². The molecular formula is C18H18N4OS. The average Bonchev–Trinajstić information content (AvgIpc) is 3.03. The summed E-state index contributed by atoms with van der Waals surface area (Å²) in [6.45, 7) is 1.97. The molecule has 1 atom stereocenters. The predicted molar refractivity (Wildman–Crippen MR) is 96.3 cm³/mol.